The summed E-state index contributed by atoms with van der Waals surface area (Å²) < 4.78 is 0. The second-order valence-corrected chi connectivity index (χ2v) is 4.94. The fourth-order valence-corrected chi connectivity index (χ4v) is 2.73. The summed E-state index contributed by atoms with van der Waals surface area (Å²) >= 11 is 1.50. The van der Waals surface area contributed by atoms with Gasteiger partial charge in [-0.05, 0) is 0 Å². The van der Waals surface area contributed by atoms with Crippen molar-refractivity contribution in [3.8, 4) is 0 Å². The maximum Gasteiger partial charge on any atom is 0.277 e. The molecule has 0 saturated carbocycles. The molecular weight excluding hydrogens is 250 g/mol. The lowest BCUT2D eigenvalue weighted by Gasteiger charge is -2.09. The van der Waals surface area contributed by atoms with Crippen molar-refractivity contribution in [3.05, 3.63) is 34.9 Å². The van der Waals surface area contributed by atoms with Gasteiger partial charge in [-0.1, -0.05) is 0 Å². The summed E-state index contributed by atoms with van der Waals surface area (Å²) in [7, 11) is 0. The van der Waals surface area contributed by atoms with Gasteiger partial charge in [-0.2, -0.15) is 0 Å². The van der Waals surface area contributed by atoms with Crippen LogP contribution in [0.1, 0.15) is 21.1 Å². The molecule has 0 aromatic carbocycles. The highest BCUT2D eigenvalue weighted by Crippen LogP contribution is 2.25. The lowest BCUT2D eigenvalue weighted by atomic mass is 10.2. The van der Waals surface area contributed by atoms with Crippen LogP contribution in [-0.4, -0.2) is 27.4 Å². The predicted octanol–water partition coefficient (Wildman–Crippen LogP) is 0.831. The van der Waals surface area contributed by atoms with Crippen LogP contribution >= 0.6 is 11.3 Å². The molecule has 0 aliphatic carbocycles. The molecule has 7 heteroatoms. The summed E-state index contributed by atoms with van der Waals surface area (Å²) in [5.74, 6) is -0.276. The number of hydrogen-bond acceptors (Lipinski definition) is 6. The molecule has 2 N–H and O–H groups in total. The van der Waals surface area contributed by atoms with Gasteiger partial charge in [-0.15, -0.1) is 11.3 Å². The van der Waals surface area contributed by atoms with E-state index in [4.69, 9.17) is 0 Å². The summed E-state index contributed by atoms with van der Waals surface area (Å²) in [4.78, 5) is 25.3. The standard InChI is InChI=1S/C11H11N5OS/c17-10(8-5-13-3-4-14-8)16-11-15-7-1-2-12-6-9(7)18-11/h3-5,12H,1-2,6H2,(H,15,16,17). The van der Waals surface area contributed by atoms with Crippen LogP contribution in [0.2, 0.25) is 0 Å². The Balaban J connectivity index is 1.77. The lowest BCUT2D eigenvalue weighted by molar-refractivity contribution is 0.102. The number of rotatable bonds is 2. The number of fused-ring (bicyclic) bond motifs is 1. The molecule has 2 aromatic heterocycles. The predicted molar refractivity (Wildman–Crippen MR) is 67.5 cm³/mol. The average Bonchev–Trinajstić information content (AvgIpc) is 2.82. The van der Waals surface area contributed by atoms with Crippen LogP contribution in [0.15, 0.2) is 18.6 Å². The number of thiazole rings is 1. The van der Waals surface area contributed by atoms with Crippen LogP contribution < -0.4 is 10.6 Å². The molecule has 0 spiro atoms. The normalized spacial score (nSPS) is 14.0. The van der Waals surface area contributed by atoms with Gasteiger partial charge in [0.2, 0.25) is 0 Å². The third-order valence-electron chi connectivity index (χ3n) is 2.62. The first-order valence-corrected chi connectivity index (χ1v) is 6.41. The minimum absolute atomic E-state index is 0.276. The molecule has 1 aliphatic heterocycles. The molecule has 0 fully saturated rings. The van der Waals surface area contributed by atoms with Crippen molar-refractivity contribution < 1.29 is 4.79 Å². The molecule has 0 saturated heterocycles. The van der Waals surface area contributed by atoms with Gasteiger partial charge < -0.3 is 5.32 Å². The molecule has 92 valence electrons. The Hall–Kier alpha value is -1.86. The molecule has 0 atom stereocenters. The third-order valence-corrected chi connectivity index (χ3v) is 3.63. The van der Waals surface area contributed by atoms with E-state index in [1.807, 2.05) is 0 Å². The second-order valence-electron chi connectivity index (χ2n) is 3.86. The van der Waals surface area contributed by atoms with Crippen molar-refractivity contribution in [1.82, 2.24) is 20.3 Å². The topological polar surface area (TPSA) is 79.8 Å². The van der Waals surface area contributed by atoms with Crippen LogP contribution in [0.4, 0.5) is 5.13 Å². The van der Waals surface area contributed by atoms with Crippen molar-refractivity contribution in [2.75, 3.05) is 11.9 Å². The quantitative estimate of drug-likeness (QED) is 0.837. The van der Waals surface area contributed by atoms with Crippen molar-refractivity contribution in [2.24, 2.45) is 0 Å². The highest BCUT2D eigenvalue weighted by atomic mass is 32.1. The molecule has 18 heavy (non-hydrogen) atoms. The van der Waals surface area contributed by atoms with Crippen LogP contribution in [0, 0.1) is 0 Å². The van der Waals surface area contributed by atoms with Gasteiger partial charge >= 0.3 is 0 Å². The molecular formula is C11H11N5OS. The van der Waals surface area contributed by atoms with Crippen molar-refractivity contribution in [2.45, 2.75) is 13.0 Å². The van der Waals surface area contributed by atoms with E-state index in [1.54, 1.807) is 0 Å². The fourth-order valence-electron chi connectivity index (χ4n) is 1.76. The molecule has 2 aromatic rings. The van der Waals surface area contributed by atoms with Crippen molar-refractivity contribution in [3.63, 3.8) is 0 Å². The zero-order chi connectivity index (χ0) is 12.4. The highest BCUT2D eigenvalue weighted by Gasteiger charge is 2.16. The molecule has 1 aliphatic rings. The Morgan fingerprint density at radius 3 is 3.17 bits per heavy atom. The number of carbonyl (C=O) groups excluding carboxylic acids is 1. The van der Waals surface area contributed by atoms with Crippen LogP contribution in [0.5, 0.6) is 0 Å². The van der Waals surface area contributed by atoms with E-state index in [2.05, 4.69) is 25.6 Å². The Morgan fingerprint density at radius 2 is 2.39 bits per heavy atom. The minimum Gasteiger partial charge on any atom is -0.311 e. The number of nitrogens with zero attached hydrogens (tertiary/aromatic N) is 3. The van der Waals surface area contributed by atoms with Gasteiger partial charge in [-0.25, -0.2) is 9.97 Å². The van der Waals surface area contributed by atoms with E-state index in [9.17, 15) is 4.79 Å². The van der Waals surface area contributed by atoms with Gasteiger partial charge in [0.25, 0.3) is 5.91 Å². The minimum atomic E-state index is -0.276. The number of amides is 1. The van der Waals surface area contributed by atoms with E-state index < -0.39 is 0 Å². The zero-order valence-electron chi connectivity index (χ0n) is 9.51. The van der Waals surface area contributed by atoms with Gasteiger partial charge in [0.1, 0.15) is 5.69 Å². The van der Waals surface area contributed by atoms with Crippen molar-refractivity contribution >= 4 is 22.4 Å². The van der Waals surface area contributed by atoms with E-state index in [0.717, 1.165) is 25.2 Å². The highest BCUT2D eigenvalue weighted by molar-refractivity contribution is 7.15. The summed E-state index contributed by atoms with van der Waals surface area (Å²) in [5, 5.41) is 6.65. The Bertz CT molecular complexity index is 545. The first-order chi connectivity index (χ1) is 8.83. The first kappa shape index (κ1) is 11.2. The van der Waals surface area contributed by atoms with E-state index in [0.29, 0.717) is 10.8 Å². The Kier molecular flexibility index (Phi) is 2.99. The summed E-state index contributed by atoms with van der Waals surface area (Å²) in [5.41, 5.74) is 1.37. The van der Waals surface area contributed by atoms with Gasteiger partial charge in [0.05, 0.1) is 11.9 Å². The maximum absolute atomic E-state index is 11.9. The smallest absolute Gasteiger partial charge is 0.277 e. The molecule has 6 nitrogen and oxygen atoms in total. The zero-order valence-corrected chi connectivity index (χ0v) is 10.3. The number of aromatic nitrogens is 3. The molecule has 0 bridgehead atoms. The average molecular weight is 261 g/mol. The maximum atomic E-state index is 11.9. The molecule has 0 radical (unpaired) electrons. The van der Waals surface area contributed by atoms with Crippen molar-refractivity contribution in [1.29, 1.82) is 0 Å². The number of hydrogen-bond donors (Lipinski definition) is 2. The molecule has 0 unspecified atom stereocenters. The van der Waals surface area contributed by atoms with Crippen LogP contribution in [-0.2, 0) is 13.0 Å². The summed E-state index contributed by atoms with van der Waals surface area (Å²) in [6.07, 6.45) is 5.37. The fraction of sp³-hybridized carbons (Fsp3) is 0.273. The second kappa shape index (κ2) is 4.79. The monoisotopic (exact) mass is 261 g/mol. The molecule has 3 rings (SSSR count). The summed E-state index contributed by atoms with van der Waals surface area (Å²) in [6.45, 7) is 1.77. The largest absolute Gasteiger partial charge is 0.311 e. The molecule has 3 heterocycles. The van der Waals surface area contributed by atoms with E-state index in [-0.39, 0.29) is 5.91 Å². The molecule has 1 amide bonds. The van der Waals surface area contributed by atoms with E-state index >= 15 is 0 Å². The Morgan fingerprint density at radius 1 is 1.44 bits per heavy atom. The summed E-state index contributed by atoms with van der Waals surface area (Å²) in [6, 6.07) is 0. The Labute approximate surface area is 108 Å². The first-order valence-electron chi connectivity index (χ1n) is 5.59. The van der Waals surface area contributed by atoms with Gasteiger partial charge in [0, 0.05) is 36.8 Å². The number of nitrogens with one attached hydrogen (secondary N) is 2. The van der Waals surface area contributed by atoms with E-state index in [1.165, 1.54) is 34.8 Å². The van der Waals surface area contributed by atoms with Crippen LogP contribution in [0.25, 0.3) is 0 Å². The van der Waals surface area contributed by atoms with Gasteiger partial charge in [-0.3, -0.25) is 15.1 Å². The SMILES string of the molecule is O=C(Nc1nc2c(s1)CNCC2)c1cnccn1. The lowest BCUT2D eigenvalue weighted by Crippen LogP contribution is -2.22. The third kappa shape index (κ3) is 2.22. The number of carbonyl (C=O) groups is 1. The van der Waals surface area contributed by atoms with Crippen LogP contribution in [0.3, 0.4) is 0 Å². The van der Waals surface area contributed by atoms with Gasteiger partial charge in [0.15, 0.2) is 5.13 Å². The number of anilines is 1.